The van der Waals surface area contributed by atoms with Gasteiger partial charge in [0.15, 0.2) is 0 Å². The molecular weight excluding hydrogens is 402 g/mol. The highest BCUT2D eigenvalue weighted by Gasteiger charge is 2.35. The van der Waals surface area contributed by atoms with E-state index < -0.39 is 5.92 Å². The van der Waals surface area contributed by atoms with Crippen LogP contribution in [-0.2, 0) is 0 Å². The molecule has 4 rings (SSSR count). The lowest BCUT2D eigenvalue weighted by Gasteiger charge is -2.32. The molecule has 2 aromatic heterocycles. The van der Waals surface area contributed by atoms with Gasteiger partial charge in [-0.15, -0.1) is 0 Å². The summed E-state index contributed by atoms with van der Waals surface area (Å²) in [5.41, 5.74) is 3.62. The highest BCUT2D eigenvalue weighted by Crippen LogP contribution is 2.33. The summed E-state index contributed by atoms with van der Waals surface area (Å²) in [5, 5.41) is 0.959. The van der Waals surface area contributed by atoms with Crippen LogP contribution in [0.3, 0.4) is 0 Å². The van der Waals surface area contributed by atoms with Crippen LogP contribution in [0, 0.1) is 13.8 Å². The van der Waals surface area contributed by atoms with Gasteiger partial charge in [-0.3, -0.25) is 4.40 Å². The molecule has 3 aromatic rings. The molecule has 1 aliphatic heterocycles. The van der Waals surface area contributed by atoms with E-state index in [9.17, 15) is 8.78 Å². The molecule has 1 fully saturated rings. The van der Waals surface area contributed by atoms with Crippen LogP contribution >= 0.6 is 15.9 Å². The fourth-order valence-electron chi connectivity index (χ4n) is 3.27. The third kappa shape index (κ3) is 3.41. The summed E-state index contributed by atoms with van der Waals surface area (Å²) in [7, 11) is 0. The molecular formula is C19H23BrF2N4. The summed E-state index contributed by atoms with van der Waals surface area (Å²) in [6.45, 7) is 8.54. The number of imidazole rings is 1. The van der Waals surface area contributed by atoms with Crippen LogP contribution in [0.4, 0.5) is 14.7 Å². The average molecular weight is 425 g/mol. The number of piperidine rings is 1. The molecule has 1 saturated heterocycles. The summed E-state index contributed by atoms with van der Waals surface area (Å²) in [4.78, 5) is 11.3. The largest absolute Gasteiger partial charge is 0.341 e. The Labute approximate surface area is 160 Å². The minimum atomic E-state index is -2.57. The maximum Gasteiger partial charge on any atom is 0.251 e. The molecule has 4 nitrogen and oxygen atoms in total. The SMILES string of the molecule is CC.Cc1cc(Br)c2nc(N3CCC(F)(F)CC3)n3cc(C)nc3c2c1. The van der Waals surface area contributed by atoms with E-state index >= 15 is 0 Å². The highest BCUT2D eigenvalue weighted by molar-refractivity contribution is 9.10. The van der Waals surface area contributed by atoms with Crippen molar-refractivity contribution in [2.24, 2.45) is 0 Å². The molecule has 0 N–H and O–H groups in total. The first-order chi connectivity index (χ1) is 12.3. The summed E-state index contributed by atoms with van der Waals surface area (Å²) >= 11 is 3.58. The van der Waals surface area contributed by atoms with Gasteiger partial charge in [-0.1, -0.05) is 13.8 Å². The summed E-state index contributed by atoms with van der Waals surface area (Å²) in [6.07, 6.45) is 1.63. The predicted octanol–water partition coefficient (Wildman–Crippen LogP) is 5.52. The second-order valence-electron chi connectivity index (χ2n) is 6.47. The van der Waals surface area contributed by atoms with Crippen molar-refractivity contribution in [1.29, 1.82) is 0 Å². The topological polar surface area (TPSA) is 33.4 Å². The van der Waals surface area contributed by atoms with Gasteiger partial charge in [0, 0.05) is 42.0 Å². The number of rotatable bonds is 1. The van der Waals surface area contributed by atoms with Crippen LogP contribution in [0.1, 0.15) is 37.9 Å². The van der Waals surface area contributed by atoms with Crippen molar-refractivity contribution in [3.05, 3.63) is 34.1 Å². The molecule has 140 valence electrons. The fraction of sp³-hybridized carbons (Fsp3) is 0.474. The average Bonchev–Trinajstić information content (AvgIpc) is 2.98. The van der Waals surface area contributed by atoms with E-state index in [1.165, 1.54) is 0 Å². The Hall–Kier alpha value is -1.76. The van der Waals surface area contributed by atoms with Crippen molar-refractivity contribution in [2.75, 3.05) is 18.0 Å². The van der Waals surface area contributed by atoms with E-state index in [0.717, 1.165) is 32.3 Å². The van der Waals surface area contributed by atoms with Crippen LogP contribution in [0.25, 0.3) is 16.6 Å². The summed E-state index contributed by atoms with van der Waals surface area (Å²) in [6, 6.07) is 4.07. The number of hydrogen-bond donors (Lipinski definition) is 0. The minimum absolute atomic E-state index is 0.142. The third-order valence-electron chi connectivity index (χ3n) is 4.48. The number of fused-ring (bicyclic) bond motifs is 3. The fourth-order valence-corrected chi connectivity index (χ4v) is 3.93. The van der Waals surface area contributed by atoms with Crippen LogP contribution in [-0.4, -0.2) is 33.4 Å². The monoisotopic (exact) mass is 424 g/mol. The van der Waals surface area contributed by atoms with Crippen molar-refractivity contribution >= 4 is 38.4 Å². The molecule has 1 aromatic carbocycles. The van der Waals surface area contributed by atoms with Crippen LogP contribution in [0.5, 0.6) is 0 Å². The normalized spacial score (nSPS) is 16.7. The van der Waals surface area contributed by atoms with E-state index in [1.54, 1.807) is 0 Å². The first-order valence-electron chi connectivity index (χ1n) is 8.92. The van der Waals surface area contributed by atoms with Crippen LogP contribution < -0.4 is 4.90 Å². The maximum atomic E-state index is 13.5. The molecule has 0 saturated carbocycles. The Balaban J connectivity index is 0.000000948. The van der Waals surface area contributed by atoms with Gasteiger partial charge >= 0.3 is 0 Å². The first kappa shape index (κ1) is 19.0. The zero-order chi connectivity index (χ0) is 19.1. The summed E-state index contributed by atoms with van der Waals surface area (Å²) in [5.74, 6) is -1.90. The standard InChI is InChI=1S/C17H17BrF2N4.C2H6/c1-10-7-12-14(13(18)8-10)22-16(24-9-11(2)21-15(12)24)23-5-3-17(19,20)4-6-23;1-2/h7-9H,3-6H2,1-2H3;1-2H3. The van der Waals surface area contributed by atoms with E-state index in [4.69, 9.17) is 4.98 Å². The van der Waals surface area contributed by atoms with Gasteiger partial charge in [0.25, 0.3) is 5.92 Å². The molecule has 26 heavy (non-hydrogen) atoms. The van der Waals surface area contributed by atoms with E-state index in [0.29, 0.717) is 19.0 Å². The van der Waals surface area contributed by atoms with Crippen molar-refractivity contribution < 1.29 is 8.78 Å². The number of halogens is 3. The Morgan fingerprint density at radius 3 is 2.38 bits per heavy atom. The molecule has 0 atom stereocenters. The lowest BCUT2D eigenvalue weighted by atomic mass is 10.1. The third-order valence-corrected chi connectivity index (χ3v) is 5.08. The number of alkyl halides is 2. The smallest absolute Gasteiger partial charge is 0.251 e. The maximum absolute atomic E-state index is 13.5. The molecule has 7 heteroatoms. The van der Waals surface area contributed by atoms with Crippen molar-refractivity contribution in [3.8, 4) is 0 Å². The molecule has 1 aliphatic rings. The molecule has 0 aliphatic carbocycles. The molecule has 0 spiro atoms. The van der Waals surface area contributed by atoms with Crippen molar-refractivity contribution in [3.63, 3.8) is 0 Å². The molecule has 0 amide bonds. The van der Waals surface area contributed by atoms with Crippen LogP contribution in [0.15, 0.2) is 22.8 Å². The lowest BCUT2D eigenvalue weighted by Crippen LogP contribution is -2.40. The second kappa shape index (κ2) is 7.10. The predicted molar refractivity (Wildman–Crippen MR) is 105 cm³/mol. The Morgan fingerprint density at radius 2 is 1.73 bits per heavy atom. The quantitative estimate of drug-likeness (QED) is 0.515. The van der Waals surface area contributed by atoms with Gasteiger partial charge < -0.3 is 4.90 Å². The molecule has 0 radical (unpaired) electrons. The zero-order valence-corrected chi connectivity index (χ0v) is 17.1. The number of nitrogens with zero attached hydrogens (tertiary/aromatic N) is 4. The van der Waals surface area contributed by atoms with Crippen molar-refractivity contribution in [2.45, 2.75) is 46.5 Å². The lowest BCUT2D eigenvalue weighted by molar-refractivity contribution is -0.0222. The van der Waals surface area contributed by atoms with E-state index in [-0.39, 0.29) is 12.8 Å². The number of aromatic nitrogens is 3. The molecule has 3 heterocycles. The molecule has 0 unspecified atom stereocenters. The zero-order valence-electron chi connectivity index (χ0n) is 15.5. The minimum Gasteiger partial charge on any atom is -0.341 e. The highest BCUT2D eigenvalue weighted by atomic mass is 79.9. The van der Waals surface area contributed by atoms with Crippen LogP contribution in [0.2, 0.25) is 0 Å². The van der Waals surface area contributed by atoms with Gasteiger partial charge in [-0.05, 0) is 47.5 Å². The Bertz CT molecular complexity index is 942. The first-order valence-corrected chi connectivity index (χ1v) is 9.72. The van der Waals surface area contributed by atoms with Crippen molar-refractivity contribution in [1.82, 2.24) is 14.4 Å². The van der Waals surface area contributed by atoms with Gasteiger partial charge in [0.2, 0.25) is 5.95 Å². The van der Waals surface area contributed by atoms with Gasteiger partial charge in [-0.2, -0.15) is 0 Å². The van der Waals surface area contributed by atoms with Gasteiger partial charge in [0.1, 0.15) is 5.65 Å². The molecule has 0 bridgehead atoms. The number of benzene rings is 1. The summed E-state index contributed by atoms with van der Waals surface area (Å²) < 4.78 is 29.8. The van der Waals surface area contributed by atoms with Gasteiger partial charge in [0.05, 0.1) is 11.2 Å². The van der Waals surface area contributed by atoms with E-state index in [1.807, 2.05) is 49.3 Å². The number of hydrogen-bond acceptors (Lipinski definition) is 3. The Morgan fingerprint density at radius 1 is 1.08 bits per heavy atom. The van der Waals surface area contributed by atoms with E-state index in [2.05, 4.69) is 27.0 Å². The number of aryl methyl sites for hydroxylation is 2. The Kier molecular flexibility index (Phi) is 5.19. The van der Waals surface area contributed by atoms with Gasteiger partial charge in [-0.25, -0.2) is 18.7 Å². The second-order valence-corrected chi connectivity index (χ2v) is 7.33. The number of anilines is 1.